The molecule has 0 spiro atoms. The molecule has 4 heteroatoms. The summed E-state index contributed by atoms with van der Waals surface area (Å²) in [6.07, 6.45) is 8.39. The number of nitrogens with zero attached hydrogens (tertiary/aromatic N) is 2. The molecule has 0 aliphatic carbocycles. The molecular formula is C28H31N3O. The third-order valence-corrected chi connectivity index (χ3v) is 6.19. The molecule has 0 atom stereocenters. The molecule has 164 valence electrons. The van der Waals surface area contributed by atoms with Crippen LogP contribution in [0.5, 0.6) is 0 Å². The van der Waals surface area contributed by atoms with Gasteiger partial charge in [-0.2, -0.15) is 0 Å². The highest BCUT2D eigenvalue weighted by molar-refractivity contribution is 5.91. The normalized spacial score (nSPS) is 15.3. The lowest BCUT2D eigenvalue weighted by Crippen LogP contribution is -2.38. The Hall–Kier alpha value is -3.24. The van der Waals surface area contributed by atoms with Gasteiger partial charge in [0.1, 0.15) is 0 Å². The van der Waals surface area contributed by atoms with Gasteiger partial charge in [-0.05, 0) is 67.6 Å². The Morgan fingerprint density at radius 3 is 2.16 bits per heavy atom. The maximum atomic E-state index is 12.1. The number of piperidine rings is 1. The molecule has 2 aromatic carbocycles. The van der Waals surface area contributed by atoms with E-state index in [2.05, 4.69) is 75.9 Å². The van der Waals surface area contributed by atoms with Crippen LogP contribution >= 0.6 is 0 Å². The summed E-state index contributed by atoms with van der Waals surface area (Å²) >= 11 is 0. The maximum absolute atomic E-state index is 12.1. The van der Waals surface area contributed by atoms with Gasteiger partial charge in [0, 0.05) is 18.8 Å². The highest BCUT2D eigenvalue weighted by Crippen LogP contribution is 2.32. The zero-order chi connectivity index (χ0) is 22.0. The zero-order valence-electron chi connectivity index (χ0n) is 18.4. The molecule has 0 radical (unpaired) electrons. The van der Waals surface area contributed by atoms with Crippen LogP contribution < -0.4 is 5.32 Å². The molecule has 1 saturated heterocycles. The molecule has 0 unspecified atom stereocenters. The molecule has 0 saturated carbocycles. The van der Waals surface area contributed by atoms with Crippen LogP contribution in [0.4, 0.5) is 0 Å². The van der Waals surface area contributed by atoms with Crippen molar-refractivity contribution in [1.82, 2.24) is 15.2 Å². The van der Waals surface area contributed by atoms with Crippen LogP contribution in [-0.4, -0.2) is 35.4 Å². The summed E-state index contributed by atoms with van der Waals surface area (Å²) in [7, 11) is 0. The van der Waals surface area contributed by atoms with Crippen LogP contribution in [0, 0.1) is 5.92 Å². The Kier molecular flexibility index (Phi) is 7.83. The molecule has 2 heterocycles. The van der Waals surface area contributed by atoms with E-state index in [1.807, 2.05) is 18.2 Å². The first-order chi connectivity index (χ1) is 15.8. The fraction of sp³-hybridized carbons (Fsp3) is 0.286. The minimum absolute atomic E-state index is 0.0543. The van der Waals surface area contributed by atoms with Gasteiger partial charge in [0.05, 0.1) is 11.7 Å². The number of carbonyl (C=O) groups is 1. The van der Waals surface area contributed by atoms with Crippen molar-refractivity contribution in [1.29, 1.82) is 0 Å². The van der Waals surface area contributed by atoms with Crippen LogP contribution in [0.25, 0.3) is 6.08 Å². The average molecular weight is 426 g/mol. The van der Waals surface area contributed by atoms with E-state index in [-0.39, 0.29) is 5.91 Å². The number of aromatic nitrogens is 1. The highest BCUT2D eigenvalue weighted by Gasteiger charge is 2.27. The van der Waals surface area contributed by atoms with Crippen molar-refractivity contribution >= 4 is 12.0 Å². The third-order valence-electron chi connectivity index (χ3n) is 6.19. The van der Waals surface area contributed by atoms with Crippen LogP contribution in [-0.2, 0) is 4.79 Å². The van der Waals surface area contributed by atoms with Gasteiger partial charge in [0.25, 0.3) is 0 Å². The predicted octanol–water partition coefficient (Wildman–Crippen LogP) is 5.10. The second-order valence-electron chi connectivity index (χ2n) is 8.37. The van der Waals surface area contributed by atoms with E-state index in [4.69, 9.17) is 0 Å². The van der Waals surface area contributed by atoms with Crippen LogP contribution in [0.3, 0.4) is 0 Å². The zero-order valence-corrected chi connectivity index (χ0v) is 18.4. The fourth-order valence-electron chi connectivity index (χ4n) is 4.48. The van der Waals surface area contributed by atoms with E-state index >= 15 is 0 Å². The van der Waals surface area contributed by atoms with Gasteiger partial charge >= 0.3 is 0 Å². The molecular weight excluding hydrogens is 394 g/mol. The SMILES string of the molecule is O=C(C=Cc1ccccn1)NCCC1CCN(C(c2ccccc2)c2ccccc2)CC1. The van der Waals surface area contributed by atoms with Gasteiger partial charge in [0.15, 0.2) is 0 Å². The van der Waals surface area contributed by atoms with E-state index in [1.54, 1.807) is 18.3 Å². The van der Waals surface area contributed by atoms with Gasteiger partial charge < -0.3 is 5.32 Å². The lowest BCUT2D eigenvalue weighted by molar-refractivity contribution is -0.116. The summed E-state index contributed by atoms with van der Waals surface area (Å²) in [5.74, 6) is 0.597. The third kappa shape index (κ3) is 6.14. The topological polar surface area (TPSA) is 45.2 Å². The van der Waals surface area contributed by atoms with Crippen molar-refractivity contribution in [3.63, 3.8) is 0 Å². The average Bonchev–Trinajstić information content (AvgIpc) is 2.86. The van der Waals surface area contributed by atoms with Crippen molar-refractivity contribution in [3.05, 3.63) is 108 Å². The molecule has 1 aromatic heterocycles. The van der Waals surface area contributed by atoms with Crippen LogP contribution in [0.1, 0.15) is 42.1 Å². The van der Waals surface area contributed by atoms with Gasteiger partial charge in [0.2, 0.25) is 5.91 Å². The number of hydrogen-bond donors (Lipinski definition) is 1. The Bertz CT molecular complexity index is 941. The van der Waals surface area contributed by atoms with Gasteiger partial charge in [-0.15, -0.1) is 0 Å². The molecule has 4 nitrogen and oxygen atoms in total. The number of rotatable bonds is 8. The number of amides is 1. The van der Waals surface area contributed by atoms with Crippen molar-refractivity contribution in [2.75, 3.05) is 19.6 Å². The number of carbonyl (C=O) groups excluding carboxylic acids is 1. The Morgan fingerprint density at radius 1 is 0.938 bits per heavy atom. The fourth-order valence-corrected chi connectivity index (χ4v) is 4.48. The number of nitrogens with one attached hydrogen (secondary N) is 1. The standard InChI is InChI=1S/C28H31N3O/c32-27(15-14-26-13-7-8-19-29-26)30-20-16-23-17-21-31(22-18-23)28(24-9-3-1-4-10-24)25-11-5-2-6-12-25/h1-15,19,23,28H,16-18,20-22H2,(H,30,32). The lowest BCUT2D eigenvalue weighted by atomic mass is 9.89. The van der Waals surface area contributed by atoms with E-state index in [1.165, 1.54) is 11.1 Å². The second kappa shape index (κ2) is 11.4. The molecule has 1 fully saturated rings. The molecule has 32 heavy (non-hydrogen) atoms. The minimum atomic E-state index is -0.0543. The maximum Gasteiger partial charge on any atom is 0.244 e. The lowest BCUT2D eigenvalue weighted by Gasteiger charge is -2.38. The van der Waals surface area contributed by atoms with Gasteiger partial charge in [-0.25, -0.2) is 0 Å². The summed E-state index contributed by atoms with van der Waals surface area (Å²) in [6, 6.07) is 27.6. The minimum Gasteiger partial charge on any atom is -0.353 e. The predicted molar refractivity (Wildman–Crippen MR) is 130 cm³/mol. The second-order valence-corrected chi connectivity index (χ2v) is 8.37. The van der Waals surface area contributed by atoms with Crippen molar-refractivity contribution in [2.24, 2.45) is 5.92 Å². The summed E-state index contributed by atoms with van der Waals surface area (Å²) in [5.41, 5.74) is 3.50. The summed E-state index contributed by atoms with van der Waals surface area (Å²) in [4.78, 5) is 18.9. The smallest absolute Gasteiger partial charge is 0.244 e. The number of hydrogen-bond acceptors (Lipinski definition) is 3. The van der Waals surface area contributed by atoms with Crippen LogP contribution in [0.2, 0.25) is 0 Å². The molecule has 1 aliphatic heterocycles. The summed E-state index contributed by atoms with van der Waals surface area (Å²) < 4.78 is 0. The molecule has 3 aromatic rings. The van der Waals surface area contributed by atoms with Crippen molar-refractivity contribution < 1.29 is 4.79 Å². The Balaban J connectivity index is 1.27. The summed E-state index contributed by atoms with van der Waals surface area (Å²) in [6.45, 7) is 2.87. The molecule has 1 N–H and O–H groups in total. The van der Waals surface area contributed by atoms with Crippen molar-refractivity contribution in [3.8, 4) is 0 Å². The largest absolute Gasteiger partial charge is 0.353 e. The molecule has 1 amide bonds. The van der Waals surface area contributed by atoms with E-state index < -0.39 is 0 Å². The summed E-state index contributed by atoms with van der Waals surface area (Å²) in [5, 5.41) is 3.02. The quantitative estimate of drug-likeness (QED) is 0.511. The monoisotopic (exact) mass is 425 g/mol. The molecule has 1 aliphatic rings. The first-order valence-electron chi connectivity index (χ1n) is 11.5. The van der Waals surface area contributed by atoms with Crippen molar-refractivity contribution in [2.45, 2.75) is 25.3 Å². The highest BCUT2D eigenvalue weighted by atomic mass is 16.1. The Morgan fingerprint density at radius 2 is 1.56 bits per heavy atom. The number of benzene rings is 2. The first kappa shape index (κ1) is 22.0. The molecule has 0 bridgehead atoms. The number of pyridine rings is 1. The van der Waals surface area contributed by atoms with Gasteiger partial charge in [-0.3, -0.25) is 14.7 Å². The van der Waals surface area contributed by atoms with E-state index in [0.29, 0.717) is 12.0 Å². The van der Waals surface area contributed by atoms with Gasteiger partial charge in [-0.1, -0.05) is 66.7 Å². The Labute approximate surface area is 191 Å². The van der Waals surface area contributed by atoms with E-state index in [9.17, 15) is 4.79 Å². The van der Waals surface area contributed by atoms with E-state index in [0.717, 1.165) is 44.6 Å². The first-order valence-corrected chi connectivity index (χ1v) is 11.5. The van der Waals surface area contributed by atoms with Crippen LogP contribution in [0.15, 0.2) is 91.1 Å². The number of likely N-dealkylation sites (tertiary alicyclic amines) is 1. The molecule has 4 rings (SSSR count).